The van der Waals surface area contributed by atoms with E-state index in [1.54, 1.807) is 7.11 Å². The largest absolute Gasteiger partial charge is 0.493 e. The molecule has 0 aromatic heterocycles. The van der Waals surface area contributed by atoms with Gasteiger partial charge in [0.25, 0.3) is 0 Å². The first-order valence-corrected chi connectivity index (χ1v) is 7.20. The molecule has 1 aliphatic rings. The van der Waals surface area contributed by atoms with Crippen molar-refractivity contribution in [2.75, 3.05) is 7.11 Å². The molecule has 1 N–H and O–H groups in total. The maximum Gasteiger partial charge on any atom is 0.161 e. The van der Waals surface area contributed by atoms with Crippen LogP contribution in [0.5, 0.6) is 11.5 Å². The summed E-state index contributed by atoms with van der Waals surface area (Å²) in [5.74, 6) is 1.48. The molecule has 3 heteroatoms. The SMILES string of the molecule is COc1cc(C)ccc1OC1CCCCCCC1O. The van der Waals surface area contributed by atoms with Crippen LogP contribution in [0, 0.1) is 6.92 Å². The summed E-state index contributed by atoms with van der Waals surface area (Å²) in [6.45, 7) is 2.02. The predicted octanol–water partition coefficient (Wildman–Crippen LogP) is 3.47. The van der Waals surface area contributed by atoms with Crippen LogP contribution in [0.25, 0.3) is 0 Å². The lowest BCUT2D eigenvalue weighted by molar-refractivity contribution is 0.0174. The minimum Gasteiger partial charge on any atom is -0.493 e. The highest BCUT2D eigenvalue weighted by atomic mass is 16.5. The molecule has 0 amide bonds. The average Bonchev–Trinajstić information content (AvgIpc) is 2.40. The fourth-order valence-corrected chi connectivity index (χ4v) is 2.60. The van der Waals surface area contributed by atoms with Crippen molar-refractivity contribution in [3.05, 3.63) is 23.8 Å². The van der Waals surface area contributed by atoms with E-state index in [-0.39, 0.29) is 12.2 Å². The van der Waals surface area contributed by atoms with Crippen molar-refractivity contribution >= 4 is 0 Å². The number of hydrogen-bond donors (Lipinski definition) is 1. The molecule has 19 heavy (non-hydrogen) atoms. The van der Waals surface area contributed by atoms with Gasteiger partial charge in [0.05, 0.1) is 13.2 Å². The third kappa shape index (κ3) is 3.87. The minimum absolute atomic E-state index is 0.114. The van der Waals surface area contributed by atoms with E-state index in [0.717, 1.165) is 42.7 Å². The third-order valence-electron chi connectivity index (χ3n) is 3.77. The normalized spacial score (nSPS) is 24.4. The molecule has 0 bridgehead atoms. The van der Waals surface area contributed by atoms with Gasteiger partial charge >= 0.3 is 0 Å². The molecule has 0 saturated heterocycles. The van der Waals surface area contributed by atoms with E-state index >= 15 is 0 Å². The number of aryl methyl sites for hydroxylation is 1. The maximum atomic E-state index is 10.2. The van der Waals surface area contributed by atoms with Gasteiger partial charge in [-0.15, -0.1) is 0 Å². The Morgan fingerprint density at radius 1 is 1.05 bits per heavy atom. The molecule has 2 unspecified atom stereocenters. The van der Waals surface area contributed by atoms with Gasteiger partial charge in [0.2, 0.25) is 0 Å². The standard InChI is InChI=1S/C16H24O3/c1-12-9-10-15(16(11-12)18-2)19-14-8-6-4-3-5-7-13(14)17/h9-11,13-14,17H,3-8H2,1-2H3. The number of aliphatic hydroxyl groups is 1. The fourth-order valence-electron chi connectivity index (χ4n) is 2.60. The molecule has 0 aliphatic heterocycles. The fraction of sp³-hybridized carbons (Fsp3) is 0.625. The van der Waals surface area contributed by atoms with Crippen molar-refractivity contribution in [1.82, 2.24) is 0 Å². The number of benzene rings is 1. The molecule has 2 rings (SSSR count). The van der Waals surface area contributed by atoms with Gasteiger partial charge in [-0.25, -0.2) is 0 Å². The van der Waals surface area contributed by atoms with Crippen molar-refractivity contribution in [2.24, 2.45) is 0 Å². The summed E-state index contributed by atoms with van der Waals surface area (Å²) in [5, 5.41) is 10.2. The van der Waals surface area contributed by atoms with Gasteiger partial charge in [-0.2, -0.15) is 0 Å². The Bertz CT molecular complexity index is 403. The summed E-state index contributed by atoms with van der Waals surface area (Å²) in [4.78, 5) is 0. The van der Waals surface area contributed by atoms with E-state index < -0.39 is 0 Å². The van der Waals surface area contributed by atoms with Crippen LogP contribution in [0.2, 0.25) is 0 Å². The number of ether oxygens (including phenoxy) is 2. The monoisotopic (exact) mass is 264 g/mol. The van der Waals surface area contributed by atoms with Crippen LogP contribution in [0.3, 0.4) is 0 Å². The lowest BCUT2D eigenvalue weighted by Gasteiger charge is -2.27. The molecular formula is C16H24O3. The molecule has 1 aliphatic carbocycles. The highest BCUT2D eigenvalue weighted by molar-refractivity contribution is 5.42. The highest BCUT2D eigenvalue weighted by Crippen LogP contribution is 2.31. The Morgan fingerprint density at radius 3 is 2.53 bits per heavy atom. The lowest BCUT2D eigenvalue weighted by Crippen LogP contribution is -2.32. The molecule has 1 aromatic carbocycles. The summed E-state index contributed by atoms with van der Waals surface area (Å²) in [6, 6.07) is 5.90. The summed E-state index contributed by atoms with van der Waals surface area (Å²) in [5.41, 5.74) is 1.14. The third-order valence-corrected chi connectivity index (χ3v) is 3.77. The van der Waals surface area contributed by atoms with Gasteiger partial charge in [0.1, 0.15) is 6.10 Å². The van der Waals surface area contributed by atoms with Crippen LogP contribution in [0.15, 0.2) is 18.2 Å². The summed E-state index contributed by atoms with van der Waals surface area (Å²) in [6.07, 6.45) is 5.93. The van der Waals surface area contributed by atoms with Crippen LogP contribution in [0.1, 0.15) is 44.1 Å². The van der Waals surface area contributed by atoms with E-state index in [4.69, 9.17) is 9.47 Å². The second kappa shape index (κ2) is 6.80. The minimum atomic E-state index is -0.369. The van der Waals surface area contributed by atoms with Gasteiger partial charge in [0.15, 0.2) is 11.5 Å². The second-order valence-corrected chi connectivity index (χ2v) is 5.37. The summed E-state index contributed by atoms with van der Waals surface area (Å²) in [7, 11) is 1.65. The Morgan fingerprint density at radius 2 is 1.79 bits per heavy atom. The molecule has 1 fully saturated rings. The van der Waals surface area contributed by atoms with Crippen molar-refractivity contribution in [1.29, 1.82) is 0 Å². The molecule has 0 spiro atoms. The van der Waals surface area contributed by atoms with E-state index in [0.29, 0.717) is 0 Å². The topological polar surface area (TPSA) is 38.7 Å². The Labute approximate surface area is 115 Å². The smallest absolute Gasteiger partial charge is 0.161 e. The van der Waals surface area contributed by atoms with E-state index in [1.807, 2.05) is 25.1 Å². The number of aliphatic hydroxyl groups excluding tert-OH is 1. The molecule has 106 valence electrons. The first-order chi connectivity index (χ1) is 9.20. The van der Waals surface area contributed by atoms with Crippen LogP contribution in [-0.2, 0) is 0 Å². The average molecular weight is 264 g/mol. The zero-order valence-corrected chi connectivity index (χ0v) is 11.9. The summed E-state index contributed by atoms with van der Waals surface area (Å²) >= 11 is 0. The van der Waals surface area contributed by atoms with Gasteiger partial charge in [-0.05, 0) is 43.9 Å². The van der Waals surface area contributed by atoms with Crippen LogP contribution in [0.4, 0.5) is 0 Å². The number of hydrogen-bond acceptors (Lipinski definition) is 3. The van der Waals surface area contributed by atoms with Gasteiger partial charge < -0.3 is 14.6 Å². The first kappa shape index (κ1) is 14.2. The molecule has 2 atom stereocenters. The second-order valence-electron chi connectivity index (χ2n) is 5.37. The van der Waals surface area contributed by atoms with Crippen molar-refractivity contribution < 1.29 is 14.6 Å². The zero-order valence-electron chi connectivity index (χ0n) is 11.9. The van der Waals surface area contributed by atoms with Crippen LogP contribution >= 0.6 is 0 Å². The van der Waals surface area contributed by atoms with Gasteiger partial charge in [-0.1, -0.05) is 25.3 Å². The molecule has 0 heterocycles. The van der Waals surface area contributed by atoms with Gasteiger partial charge in [0, 0.05) is 0 Å². The Balaban J connectivity index is 2.09. The Hall–Kier alpha value is -1.22. The van der Waals surface area contributed by atoms with Crippen molar-refractivity contribution in [3.8, 4) is 11.5 Å². The van der Waals surface area contributed by atoms with Crippen LogP contribution < -0.4 is 9.47 Å². The van der Waals surface area contributed by atoms with E-state index in [9.17, 15) is 5.11 Å². The van der Waals surface area contributed by atoms with E-state index in [2.05, 4.69) is 0 Å². The molecule has 1 aromatic rings. The quantitative estimate of drug-likeness (QED) is 0.908. The van der Waals surface area contributed by atoms with Crippen molar-refractivity contribution in [2.45, 2.75) is 57.7 Å². The molecule has 1 saturated carbocycles. The molecule has 0 radical (unpaired) electrons. The predicted molar refractivity (Wildman–Crippen MR) is 75.9 cm³/mol. The van der Waals surface area contributed by atoms with Crippen molar-refractivity contribution in [3.63, 3.8) is 0 Å². The highest BCUT2D eigenvalue weighted by Gasteiger charge is 2.23. The molecule has 3 nitrogen and oxygen atoms in total. The van der Waals surface area contributed by atoms with Crippen LogP contribution in [-0.4, -0.2) is 24.4 Å². The Kier molecular flexibility index (Phi) is 5.08. The maximum absolute atomic E-state index is 10.2. The first-order valence-electron chi connectivity index (χ1n) is 7.20. The molecular weight excluding hydrogens is 240 g/mol. The number of rotatable bonds is 3. The van der Waals surface area contributed by atoms with Gasteiger partial charge in [-0.3, -0.25) is 0 Å². The van der Waals surface area contributed by atoms with E-state index in [1.165, 1.54) is 12.8 Å². The lowest BCUT2D eigenvalue weighted by atomic mass is 9.96. The number of methoxy groups -OCH3 is 1. The summed E-state index contributed by atoms with van der Waals surface area (Å²) < 4.78 is 11.4. The zero-order chi connectivity index (χ0) is 13.7.